The van der Waals surface area contributed by atoms with Crippen molar-refractivity contribution in [3.8, 4) is 5.75 Å². The first-order chi connectivity index (χ1) is 25.7. The summed E-state index contributed by atoms with van der Waals surface area (Å²) >= 11 is 6.36. The van der Waals surface area contributed by atoms with Gasteiger partial charge in [0.2, 0.25) is 0 Å². The maximum atomic E-state index is 14.4. The molecule has 0 spiro atoms. The fraction of sp³-hybridized carbons (Fsp3) is 0.167. The van der Waals surface area contributed by atoms with Crippen LogP contribution in [0.5, 0.6) is 5.75 Å². The van der Waals surface area contributed by atoms with Crippen molar-refractivity contribution in [2.45, 2.75) is 31.3 Å². The Hall–Kier alpha value is -6.26. The minimum absolute atomic E-state index is 0.0391. The number of non-ortho nitro benzene ring substituents is 1. The second-order valence-corrected chi connectivity index (χ2v) is 13.8. The number of urea groups is 1. The van der Waals surface area contributed by atoms with Crippen LogP contribution in [-0.2, 0) is 16.2 Å². The summed E-state index contributed by atoms with van der Waals surface area (Å²) < 4.78 is 6.04. The number of halogens is 1. The van der Waals surface area contributed by atoms with Gasteiger partial charge in [-0.3, -0.25) is 25.0 Å². The molecule has 2 atom stereocenters. The summed E-state index contributed by atoms with van der Waals surface area (Å²) in [5, 5.41) is 13.8. The molecular formula is C42H33ClN4O6. The SMILES string of the molecule is O=C1NC(=O)N(c2cc3c4c(c2)[C@@H](c2ccccc2)CCN4CC[C@@H]3c2ccccc2)C(=O)/C1=C/c1cc(Cl)ccc1OCc1ccc([N+](=O)[O-])cc1. The number of barbiturate groups is 1. The molecule has 3 heterocycles. The average molecular weight is 725 g/mol. The number of nitro groups is 1. The van der Waals surface area contributed by atoms with Crippen molar-refractivity contribution in [1.82, 2.24) is 5.32 Å². The molecular weight excluding hydrogens is 692 g/mol. The largest absolute Gasteiger partial charge is 0.488 e. The summed E-state index contributed by atoms with van der Waals surface area (Å²) in [5.74, 6) is -1.22. The van der Waals surface area contributed by atoms with Crippen molar-refractivity contribution < 1.29 is 24.0 Å². The van der Waals surface area contributed by atoms with Gasteiger partial charge in [-0.25, -0.2) is 9.69 Å². The van der Waals surface area contributed by atoms with Crippen LogP contribution in [0.3, 0.4) is 0 Å². The Morgan fingerprint density at radius 1 is 0.811 bits per heavy atom. The van der Waals surface area contributed by atoms with E-state index in [2.05, 4.69) is 34.5 Å². The first-order valence-corrected chi connectivity index (χ1v) is 17.7. The third-order valence-corrected chi connectivity index (χ3v) is 10.4. The number of nitrogens with zero attached hydrogens (tertiary/aromatic N) is 3. The Kier molecular flexibility index (Phi) is 8.97. The zero-order valence-corrected chi connectivity index (χ0v) is 29.2. The van der Waals surface area contributed by atoms with Crippen molar-refractivity contribution in [3.63, 3.8) is 0 Å². The second kappa shape index (κ2) is 14.0. The highest BCUT2D eigenvalue weighted by molar-refractivity contribution is 6.39. The van der Waals surface area contributed by atoms with E-state index in [0.717, 1.165) is 58.8 Å². The van der Waals surface area contributed by atoms with Gasteiger partial charge < -0.3 is 9.64 Å². The summed E-state index contributed by atoms with van der Waals surface area (Å²) in [6, 6.07) is 34.3. The van der Waals surface area contributed by atoms with Crippen LogP contribution in [0, 0.1) is 10.1 Å². The average Bonchev–Trinajstić information content (AvgIpc) is 3.17. The van der Waals surface area contributed by atoms with Gasteiger partial charge in [-0.1, -0.05) is 72.3 Å². The van der Waals surface area contributed by atoms with Crippen molar-refractivity contribution in [2.75, 3.05) is 22.9 Å². The molecule has 8 rings (SSSR count). The van der Waals surface area contributed by atoms with Crippen LogP contribution in [0.4, 0.5) is 21.9 Å². The molecule has 0 unspecified atom stereocenters. The molecule has 10 nitrogen and oxygen atoms in total. The zero-order valence-electron chi connectivity index (χ0n) is 28.4. The normalized spacial score (nSPS) is 18.8. The maximum absolute atomic E-state index is 14.4. The first kappa shape index (κ1) is 33.9. The van der Waals surface area contributed by atoms with E-state index in [1.807, 2.05) is 48.5 Å². The number of nitrogens with one attached hydrogen (secondary N) is 1. The number of carbonyl (C=O) groups excluding carboxylic acids is 3. The summed E-state index contributed by atoms with van der Waals surface area (Å²) in [6.07, 6.45) is 3.12. The number of benzene rings is 5. The van der Waals surface area contributed by atoms with Gasteiger partial charge in [0.1, 0.15) is 17.9 Å². The van der Waals surface area contributed by atoms with Gasteiger partial charge in [-0.05, 0) is 89.2 Å². The molecule has 4 amide bonds. The van der Waals surface area contributed by atoms with E-state index in [1.165, 1.54) is 18.2 Å². The molecule has 1 fully saturated rings. The molecule has 11 heteroatoms. The van der Waals surface area contributed by atoms with Crippen molar-refractivity contribution in [1.29, 1.82) is 0 Å². The lowest BCUT2D eigenvalue weighted by molar-refractivity contribution is -0.384. The number of imide groups is 2. The molecule has 1 saturated heterocycles. The van der Waals surface area contributed by atoms with E-state index in [9.17, 15) is 24.5 Å². The molecule has 1 N–H and O–H groups in total. The molecule has 3 aliphatic rings. The number of hydrogen-bond acceptors (Lipinski definition) is 7. The predicted octanol–water partition coefficient (Wildman–Crippen LogP) is 8.37. The topological polar surface area (TPSA) is 122 Å². The number of carbonyl (C=O) groups is 3. The van der Waals surface area contributed by atoms with Crippen LogP contribution in [0.1, 0.15) is 58.1 Å². The summed E-state index contributed by atoms with van der Waals surface area (Å²) in [5.41, 5.74) is 6.61. The van der Waals surface area contributed by atoms with E-state index in [0.29, 0.717) is 27.6 Å². The van der Waals surface area contributed by atoms with E-state index >= 15 is 0 Å². The molecule has 53 heavy (non-hydrogen) atoms. The van der Waals surface area contributed by atoms with Crippen LogP contribution in [0.15, 0.2) is 121 Å². The Bertz CT molecular complexity index is 2220. The summed E-state index contributed by atoms with van der Waals surface area (Å²) in [6.45, 7) is 1.83. The molecule has 0 radical (unpaired) electrons. The number of rotatable bonds is 8. The van der Waals surface area contributed by atoms with Gasteiger partial charge >= 0.3 is 6.03 Å². The predicted molar refractivity (Wildman–Crippen MR) is 202 cm³/mol. The minimum Gasteiger partial charge on any atom is -0.488 e. The third-order valence-electron chi connectivity index (χ3n) is 10.2. The number of amides is 4. The fourth-order valence-corrected chi connectivity index (χ4v) is 7.84. The number of ether oxygens (including phenoxy) is 1. The van der Waals surface area contributed by atoms with Gasteiger partial charge in [0.15, 0.2) is 0 Å². The van der Waals surface area contributed by atoms with Crippen LogP contribution < -0.4 is 19.9 Å². The Morgan fingerprint density at radius 3 is 2.00 bits per heavy atom. The second-order valence-electron chi connectivity index (χ2n) is 13.3. The van der Waals surface area contributed by atoms with Crippen LogP contribution in [-0.4, -0.2) is 35.9 Å². The van der Waals surface area contributed by atoms with Crippen molar-refractivity contribution in [2.24, 2.45) is 0 Å². The molecule has 0 aromatic heterocycles. The Morgan fingerprint density at radius 2 is 1.42 bits per heavy atom. The highest BCUT2D eigenvalue weighted by Crippen LogP contribution is 2.50. The van der Waals surface area contributed by atoms with Crippen LogP contribution in [0.2, 0.25) is 5.02 Å². The molecule has 5 aromatic carbocycles. The fourth-order valence-electron chi connectivity index (χ4n) is 7.65. The standard InChI is InChI=1S/C42H33ClN4O6/c43-30-13-16-38(53-25-26-11-14-31(15-12-26)47(51)52)29(21-30)22-37-40(48)44-42(50)46(41(37)49)32-23-35-33(27-7-3-1-4-8-27)17-19-45-20-18-34(36(24-32)39(35)45)28-9-5-2-6-10-28/h1-16,21-24,33-34H,17-20,25H2,(H,44,48,50)/b37-22+/t33-,34-/m1/s1. The lowest BCUT2D eigenvalue weighted by Gasteiger charge is -2.44. The molecule has 5 aromatic rings. The molecule has 264 valence electrons. The van der Waals surface area contributed by atoms with Gasteiger partial charge in [0.25, 0.3) is 17.5 Å². The highest BCUT2D eigenvalue weighted by atomic mass is 35.5. The molecule has 3 aliphatic heterocycles. The zero-order chi connectivity index (χ0) is 36.6. The molecule has 0 aliphatic carbocycles. The van der Waals surface area contributed by atoms with Gasteiger partial charge in [-0.15, -0.1) is 0 Å². The number of nitro benzene ring substituents is 1. The van der Waals surface area contributed by atoms with Crippen molar-refractivity contribution >= 4 is 52.6 Å². The highest BCUT2D eigenvalue weighted by Gasteiger charge is 2.40. The van der Waals surface area contributed by atoms with E-state index in [4.69, 9.17) is 16.3 Å². The monoisotopic (exact) mass is 724 g/mol. The van der Waals surface area contributed by atoms with E-state index in [-0.39, 0.29) is 29.7 Å². The van der Waals surface area contributed by atoms with Gasteiger partial charge in [0, 0.05) is 53.3 Å². The number of hydrogen-bond donors (Lipinski definition) is 1. The lowest BCUT2D eigenvalue weighted by Crippen LogP contribution is -2.54. The van der Waals surface area contributed by atoms with Gasteiger partial charge in [0.05, 0.1) is 10.6 Å². The maximum Gasteiger partial charge on any atom is 0.335 e. The quantitative estimate of drug-likeness (QED) is 0.0739. The van der Waals surface area contributed by atoms with Crippen LogP contribution >= 0.6 is 11.6 Å². The van der Waals surface area contributed by atoms with Crippen LogP contribution in [0.25, 0.3) is 6.08 Å². The first-order valence-electron chi connectivity index (χ1n) is 17.3. The van der Waals surface area contributed by atoms with E-state index < -0.39 is 22.8 Å². The Labute approximate surface area is 310 Å². The minimum atomic E-state index is -0.840. The molecule has 0 saturated carbocycles. The van der Waals surface area contributed by atoms with E-state index in [1.54, 1.807) is 30.3 Å². The smallest absolute Gasteiger partial charge is 0.335 e. The summed E-state index contributed by atoms with van der Waals surface area (Å²) in [7, 11) is 0. The lowest BCUT2D eigenvalue weighted by atomic mass is 9.76. The Balaban J connectivity index is 1.19. The third kappa shape index (κ3) is 6.53. The van der Waals surface area contributed by atoms with Crippen molar-refractivity contribution in [3.05, 3.63) is 169 Å². The summed E-state index contributed by atoms with van der Waals surface area (Å²) in [4.78, 5) is 55.5. The molecule has 0 bridgehead atoms. The number of anilines is 2. The van der Waals surface area contributed by atoms with Gasteiger partial charge in [-0.2, -0.15) is 0 Å².